The van der Waals surface area contributed by atoms with Crippen LogP contribution in [0.4, 0.5) is 0 Å². The Balaban J connectivity index is 1.16. The summed E-state index contributed by atoms with van der Waals surface area (Å²) in [6.07, 6.45) is -12.9. The summed E-state index contributed by atoms with van der Waals surface area (Å²) >= 11 is 0. The molecule has 18 nitrogen and oxygen atoms in total. The van der Waals surface area contributed by atoms with E-state index in [0.29, 0.717) is 22.4 Å². The molecule has 19 heteroatoms. The molecule has 9 aromatic carbocycles. The second-order valence-corrected chi connectivity index (χ2v) is 25.5. The molecule has 1 saturated heterocycles. The van der Waals surface area contributed by atoms with Crippen molar-refractivity contribution in [3.05, 3.63) is 293 Å². The molecule has 0 saturated carbocycles. The standard InChI is InChI=1S/C80H86O18S/c1-56-36-42-66(43-37-56)99(83,84)96-54-67(81)73(91-49-58-26-14-7-15-27-58)78(94-52-61-32-20-10-21-33-61)77(98-80(82)64-44-68(86-3)74(88-5)69(45-64)87-4)70(90-48-63-38-40-65(85-2)41-39-63)46-71-75(92-50-59-28-16-8-17-29-59)79(95-53-62-34-22-11-23-35-62)76(93-51-60-30-18-9-19-31-60)72(97-71)55-89-47-57-24-12-6-13-25-57/h6-45,67,70-73,75-79,81H,46-55H2,1-5H3/t67-,70-,71+,72+,73+,75-,76+,77+,78-,79+/m0/s1. The number of benzene rings is 9. The van der Waals surface area contributed by atoms with Crippen LogP contribution < -0.4 is 18.9 Å². The Morgan fingerprint density at radius 3 is 1.34 bits per heavy atom. The summed E-state index contributed by atoms with van der Waals surface area (Å²) in [5.41, 5.74) is 6.42. The molecule has 1 heterocycles. The van der Waals surface area contributed by atoms with Crippen LogP contribution in [-0.4, -0.2) is 122 Å². The minimum Gasteiger partial charge on any atom is -0.497 e. The molecular weight excluding hydrogens is 1280 g/mol. The van der Waals surface area contributed by atoms with E-state index in [4.69, 9.17) is 65.8 Å². The maximum Gasteiger partial charge on any atom is 0.338 e. The molecule has 10 rings (SSSR count). The van der Waals surface area contributed by atoms with Crippen molar-refractivity contribution in [2.24, 2.45) is 0 Å². The van der Waals surface area contributed by atoms with Crippen molar-refractivity contribution in [2.75, 3.05) is 41.7 Å². The fourth-order valence-electron chi connectivity index (χ4n) is 11.6. The highest BCUT2D eigenvalue weighted by molar-refractivity contribution is 7.86. The van der Waals surface area contributed by atoms with Crippen molar-refractivity contribution >= 4 is 16.1 Å². The number of ether oxygens (including phenoxy) is 13. The molecule has 1 aliphatic rings. The van der Waals surface area contributed by atoms with Crippen LogP contribution in [0.1, 0.15) is 61.3 Å². The lowest BCUT2D eigenvalue weighted by Crippen LogP contribution is -2.62. The van der Waals surface area contributed by atoms with E-state index in [-0.39, 0.29) is 87.0 Å². The number of aryl methyl sites for hydroxylation is 1. The highest BCUT2D eigenvalue weighted by Gasteiger charge is 2.52. The number of aliphatic hydroxyl groups is 1. The number of esters is 1. The third kappa shape index (κ3) is 21.1. The molecule has 0 amide bonds. The molecule has 0 aromatic heterocycles. The van der Waals surface area contributed by atoms with Crippen LogP contribution in [0.5, 0.6) is 23.0 Å². The number of hydrogen-bond donors (Lipinski definition) is 1. The molecule has 0 spiro atoms. The number of rotatable bonds is 38. The summed E-state index contributed by atoms with van der Waals surface area (Å²) in [5.74, 6) is 0.185. The zero-order chi connectivity index (χ0) is 69.2. The van der Waals surface area contributed by atoms with Crippen LogP contribution in [-0.2, 0) is 103 Å². The summed E-state index contributed by atoms with van der Waals surface area (Å²) in [4.78, 5) is 15.7. The van der Waals surface area contributed by atoms with Crippen molar-refractivity contribution in [1.82, 2.24) is 0 Å². The van der Waals surface area contributed by atoms with Crippen LogP contribution >= 0.6 is 0 Å². The average Bonchev–Trinajstić information content (AvgIpc) is 0.784. The van der Waals surface area contributed by atoms with E-state index in [2.05, 4.69) is 0 Å². The molecule has 99 heavy (non-hydrogen) atoms. The molecule has 0 unspecified atom stereocenters. The first kappa shape index (κ1) is 72.9. The van der Waals surface area contributed by atoms with Crippen molar-refractivity contribution in [3.8, 4) is 23.0 Å². The van der Waals surface area contributed by atoms with Crippen molar-refractivity contribution in [2.45, 2.75) is 126 Å². The first-order chi connectivity index (χ1) is 48.4. The molecule has 9 aromatic rings. The molecule has 520 valence electrons. The molecule has 1 N–H and O–H groups in total. The lowest BCUT2D eigenvalue weighted by atomic mass is 9.88. The van der Waals surface area contributed by atoms with Crippen molar-refractivity contribution in [3.63, 3.8) is 0 Å². The van der Waals surface area contributed by atoms with E-state index in [9.17, 15) is 13.5 Å². The van der Waals surface area contributed by atoms with Gasteiger partial charge in [-0.1, -0.05) is 212 Å². The molecule has 0 radical (unpaired) electrons. The Bertz CT molecular complexity index is 3910. The van der Waals surface area contributed by atoms with Gasteiger partial charge in [-0.15, -0.1) is 0 Å². The van der Waals surface area contributed by atoms with Gasteiger partial charge in [0, 0.05) is 6.42 Å². The highest BCUT2D eigenvalue weighted by Crippen LogP contribution is 2.40. The molecule has 1 fully saturated rings. The monoisotopic (exact) mass is 1370 g/mol. The Kier molecular flexibility index (Phi) is 27.6. The quantitative estimate of drug-likeness (QED) is 0.0283. The zero-order valence-electron chi connectivity index (χ0n) is 56.2. The fourth-order valence-corrected chi connectivity index (χ4v) is 12.6. The van der Waals surface area contributed by atoms with E-state index < -0.39 is 83.7 Å². The third-order valence-corrected chi connectivity index (χ3v) is 18.2. The summed E-state index contributed by atoms with van der Waals surface area (Å²) in [6, 6.07) is 74.0. The molecule has 0 aliphatic carbocycles. The van der Waals surface area contributed by atoms with E-state index in [1.54, 1.807) is 31.4 Å². The molecular formula is C80H86O18S. The lowest BCUT2D eigenvalue weighted by molar-refractivity contribution is -0.280. The zero-order valence-corrected chi connectivity index (χ0v) is 57.1. The number of hydrogen-bond acceptors (Lipinski definition) is 18. The number of aliphatic hydroxyl groups excluding tert-OH is 1. The minimum absolute atomic E-state index is 0.00821. The van der Waals surface area contributed by atoms with Gasteiger partial charge in [0.05, 0.1) is 104 Å². The van der Waals surface area contributed by atoms with Gasteiger partial charge in [-0.05, 0) is 82.3 Å². The number of methoxy groups -OCH3 is 4. The van der Waals surface area contributed by atoms with E-state index >= 15 is 4.79 Å². The largest absolute Gasteiger partial charge is 0.497 e. The molecule has 0 bridgehead atoms. The summed E-state index contributed by atoms with van der Waals surface area (Å²) in [7, 11) is 1.37. The third-order valence-electron chi connectivity index (χ3n) is 16.9. The van der Waals surface area contributed by atoms with Gasteiger partial charge in [-0.25, -0.2) is 4.79 Å². The predicted molar refractivity (Wildman–Crippen MR) is 372 cm³/mol. The molecule has 10 atom stereocenters. The Morgan fingerprint density at radius 2 is 0.879 bits per heavy atom. The normalized spacial score (nSPS) is 17.7. The maximum atomic E-state index is 15.8. The van der Waals surface area contributed by atoms with Crippen LogP contribution in [0.15, 0.2) is 248 Å². The van der Waals surface area contributed by atoms with E-state index in [1.165, 1.54) is 45.6 Å². The highest BCUT2D eigenvalue weighted by atomic mass is 32.2. The van der Waals surface area contributed by atoms with Crippen LogP contribution in [0.3, 0.4) is 0 Å². The fraction of sp³-hybridized carbons (Fsp3) is 0.312. The Morgan fingerprint density at radius 1 is 0.455 bits per heavy atom. The van der Waals surface area contributed by atoms with Crippen LogP contribution in [0.2, 0.25) is 0 Å². The lowest BCUT2D eigenvalue weighted by Gasteiger charge is -2.48. The van der Waals surface area contributed by atoms with Gasteiger partial charge in [0.2, 0.25) is 5.75 Å². The summed E-state index contributed by atoms with van der Waals surface area (Å²) in [6.45, 7) is 1.19. The minimum atomic E-state index is -4.51. The average molecular weight is 1370 g/mol. The topological polar surface area (TPSA) is 201 Å². The predicted octanol–water partition coefficient (Wildman–Crippen LogP) is 13.2. The van der Waals surface area contributed by atoms with E-state index in [0.717, 1.165) is 27.8 Å². The first-order valence-electron chi connectivity index (χ1n) is 32.8. The van der Waals surface area contributed by atoms with Gasteiger partial charge < -0.3 is 66.7 Å². The number of carbonyl (C=O) groups excluding carboxylic acids is 1. The van der Waals surface area contributed by atoms with E-state index in [1.807, 2.05) is 201 Å². The van der Waals surface area contributed by atoms with Crippen molar-refractivity contribution < 1.29 is 84.1 Å². The summed E-state index contributed by atoms with van der Waals surface area (Å²) in [5, 5.41) is 13.0. The smallest absolute Gasteiger partial charge is 0.338 e. The van der Waals surface area contributed by atoms with Gasteiger partial charge in [-0.3, -0.25) is 4.18 Å². The molecule has 1 aliphatic heterocycles. The second kappa shape index (κ2) is 37.4. The van der Waals surface area contributed by atoms with Gasteiger partial charge in [-0.2, -0.15) is 8.42 Å². The van der Waals surface area contributed by atoms with Gasteiger partial charge in [0.1, 0.15) is 54.6 Å². The van der Waals surface area contributed by atoms with Gasteiger partial charge >= 0.3 is 5.97 Å². The van der Waals surface area contributed by atoms with Crippen LogP contribution in [0, 0.1) is 6.92 Å². The second-order valence-electron chi connectivity index (χ2n) is 23.9. The first-order valence-corrected chi connectivity index (χ1v) is 34.2. The number of carbonyl (C=O) groups is 1. The Hall–Kier alpha value is -8.80. The van der Waals surface area contributed by atoms with Crippen LogP contribution in [0.25, 0.3) is 0 Å². The summed E-state index contributed by atoms with van der Waals surface area (Å²) < 4.78 is 121. The Labute approximate surface area is 580 Å². The van der Waals surface area contributed by atoms with Gasteiger partial charge in [0.15, 0.2) is 17.6 Å². The SMILES string of the molecule is COc1ccc(CO[C@@H](C[C@H]2O[C@H](COCc3ccccc3)[C@@H](OCc3ccccc3)[C@H](OCc3ccccc3)[C@H]2OCc2ccccc2)[C@@H](OC(=O)c2cc(OC)c(OC)c(OC)c2)[C@@H](OCc2ccccc2)[C@H](OCc2ccccc2)[C@@H](O)COS(=O)(=O)c2ccc(C)cc2)cc1. The maximum absolute atomic E-state index is 15.8. The van der Waals surface area contributed by atoms with Gasteiger partial charge in [0.25, 0.3) is 10.1 Å². The van der Waals surface area contributed by atoms with Crippen molar-refractivity contribution in [1.29, 1.82) is 0 Å².